The van der Waals surface area contributed by atoms with Crippen LogP contribution in [0.2, 0.25) is 0 Å². The Kier molecular flexibility index (Phi) is 3.56. The van der Waals surface area contributed by atoms with Crippen molar-refractivity contribution in [3.63, 3.8) is 0 Å². The van der Waals surface area contributed by atoms with E-state index in [2.05, 4.69) is 22.0 Å². The molecule has 1 aromatic heterocycles. The minimum atomic E-state index is -0.358. The highest BCUT2D eigenvalue weighted by molar-refractivity contribution is 9.10. The lowest BCUT2D eigenvalue weighted by atomic mass is 9.88. The molecular formula is C18H10BrFN2OS. The molecule has 2 aromatic carbocycles. The zero-order chi connectivity index (χ0) is 16.8. The molecule has 24 heavy (non-hydrogen) atoms. The molecule has 0 amide bonds. The van der Waals surface area contributed by atoms with Gasteiger partial charge in [0.15, 0.2) is 5.75 Å². The number of benzene rings is 2. The van der Waals surface area contributed by atoms with Crippen LogP contribution in [0.25, 0.3) is 10.1 Å². The largest absolute Gasteiger partial charge is 0.439 e. The van der Waals surface area contributed by atoms with Gasteiger partial charge in [0, 0.05) is 9.86 Å². The summed E-state index contributed by atoms with van der Waals surface area (Å²) in [6, 6.07) is 14.1. The summed E-state index contributed by atoms with van der Waals surface area (Å²) in [5.74, 6) is 0.0883. The van der Waals surface area contributed by atoms with E-state index >= 15 is 0 Å². The van der Waals surface area contributed by atoms with Crippen LogP contribution in [0, 0.1) is 17.1 Å². The van der Waals surface area contributed by atoms with Crippen molar-refractivity contribution in [2.45, 2.75) is 5.92 Å². The summed E-state index contributed by atoms with van der Waals surface area (Å²) in [6.07, 6.45) is 0. The zero-order valence-electron chi connectivity index (χ0n) is 12.2. The maximum atomic E-state index is 13.3. The number of hydrogen-bond acceptors (Lipinski definition) is 4. The second-order valence-corrected chi connectivity index (χ2v) is 7.29. The van der Waals surface area contributed by atoms with E-state index in [9.17, 15) is 9.65 Å². The molecule has 1 aliphatic heterocycles. The Morgan fingerprint density at radius 1 is 1.21 bits per heavy atom. The number of thiophene rings is 1. The van der Waals surface area contributed by atoms with Gasteiger partial charge in [0.2, 0.25) is 5.88 Å². The highest BCUT2D eigenvalue weighted by atomic mass is 79.9. The Morgan fingerprint density at radius 2 is 1.96 bits per heavy atom. The predicted octanol–water partition coefficient (Wildman–Crippen LogP) is 5.02. The van der Waals surface area contributed by atoms with Crippen molar-refractivity contribution < 1.29 is 9.13 Å². The van der Waals surface area contributed by atoms with Crippen molar-refractivity contribution in [1.29, 1.82) is 5.26 Å². The van der Waals surface area contributed by atoms with Crippen LogP contribution in [0.15, 0.2) is 58.4 Å². The normalized spacial score (nSPS) is 16.6. The summed E-state index contributed by atoms with van der Waals surface area (Å²) in [6.45, 7) is 0. The number of rotatable bonds is 1. The first kappa shape index (κ1) is 15.2. The fourth-order valence-electron chi connectivity index (χ4n) is 2.91. The first-order valence-corrected chi connectivity index (χ1v) is 8.75. The maximum Gasteiger partial charge on any atom is 0.205 e. The molecule has 0 aliphatic carbocycles. The molecule has 3 nitrogen and oxygen atoms in total. The van der Waals surface area contributed by atoms with Gasteiger partial charge in [-0.1, -0.05) is 18.2 Å². The molecule has 2 heterocycles. The van der Waals surface area contributed by atoms with Crippen molar-refractivity contribution in [2.75, 3.05) is 0 Å². The molecule has 6 heteroatoms. The number of nitriles is 1. The highest BCUT2D eigenvalue weighted by Gasteiger charge is 2.34. The van der Waals surface area contributed by atoms with Crippen molar-refractivity contribution in [2.24, 2.45) is 5.73 Å². The van der Waals surface area contributed by atoms with Gasteiger partial charge >= 0.3 is 0 Å². The third kappa shape index (κ3) is 2.20. The van der Waals surface area contributed by atoms with Gasteiger partial charge in [-0.25, -0.2) is 4.39 Å². The Labute approximate surface area is 149 Å². The molecule has 0 saturated carbocycles. The molecule has 118 valence electrons. The Hall–Kier alpha value is -2.36. The first-order valence-electron chi connectivity index (χ1n) is 7.14. The summed E-state index contributed by atoms with van der Waals surface area (Å²) >= 11 is 5.10. The average Bonchev–Trinajstić information content (AvgIpc) is 2.94. The fourth-order valence-corrected chi connectivity index (χ4v) is 4.79. The SMILES string of the molecule is N#CC1=C(N)Oc2c(sc3c(Br)cccc23)C1c1ccc(F)cc1. The summed E-state index contributed by atoms with van der Waals surface area (Å²) in [5, 5.41) is 10.5. The number of ether oxygens (including phenoxy) is 1. The van der Waals surface area contributed by atoms with E-state index < -0.39 is 0 Å². The van der Waals surface area contributed by atoms with Gasteiger partial charge in [0.1, 0.15) is 17.5 Å². The number of nitrogens with two attached hydrogens (primary N) is 1. The molecule has 0 spiro atoms. The lowest BCUT2D eigenvalue weighted by Gasteiger charge is -2.23. The van der Waals surface area contributed by atoms with Crippen LogP contribution in [0.1, 0.15) is 16.4 Å². The van der Waals surface area contributed by atoms with Crippen LogP contribution in [-0.4, -0.2) is 0 Å². The Bertz CT molecular complexity index is 1030. The molecule has 2 N–H and O–H groups in total. The summed E-state index contributed by atoms with van der Waals surface area (Å²) in [4.78, 5) is 0.897. The Morgan fingerprint density at radius 3 is 2.67 bits per heavy atom. The van der Waals surface area contributed by atoms with Crippen molar-refractivity contribution in [3.05, 3.63) is 74.7 Å². The van der Waals surface area contributed by atoms with Crippen molar-refractivity contribution in [3.8, 4) is 11.8 Å². The van der Waals surface area contributed by atoms with E-state index in [-0.39, 0.29) is 17.6 Å². The molecule has 1 atom stereocenters. The monoisotopic (exact) mass is 400 g/mol. The minimum absolute atomic E-state index is 0.0963. The van der Waals surface area contributed by atoms with Crippen LogP contribution in [-0.2, 0) is 0 Å². The van der Waals surface area contributed by atoms with Gasteiger partial charge in [0.25, 0.3) is 0 Å². The number of halogens is 2. The molecule has 0 saturated heterocycles. The molecule has 1 aliphatic rings. The van der Waals surface area contributed by atoms with Gasteiger partial charge in [-0.3, -0.25) is 0 Å². The molecule has 3 aromatic rings. The Balaban J connectivity index is 2.01. The predicted molar refractivity (Wildman–Crippen MR) is 95.2 cm³/mol. The van der Waals surface area contributed by atoms with Gasteiger partial charge < -0.3 is 10.5 Å². The van der Waals surface area contributed by atoms with Crippen LogP contribution in [0.4, 0.5) is 4.39 Å². The highest BCUT2D eigenvalue weighted by Crippen LogP contribution is 2.51. The number of allylic oxidation sites excluding steroid dienone is 1. The standard InChI is InChI=1S/C18H10BrFN2OS/c19-13-3-1-2-11-15-17(24-16(11)13)14(12(8-21)18(22)23-15)9-4-6-10(20)7-5-9/h1-7,14H,22H2. The lowest BCUT2D eigenvalue weighted by Crippen LogP contribution is -2.19. The van der Waals surface area contributed by atoms with Crippen LogP contribution >= 0.6 is 27.3 Å². The smallest absolute Gasteiger partial charge is 0.205 e. The molecule has 4 rings (SSSR count). The molecule has 1 unspecified atom stereocenters. The van der Waals surface area contributed by atoms with Crippen LogP contribution in [0.3, 0.4) is 0 Å². The van der Waals surface area contributed by atoms with E-state index in [1.807, 2.05) is 18.2 Å². The minimum Gasteiger partial charge on any atom is -0.439 e. The first-order chi connectivity index (χ1) is 11.6. The van der Waals surface area contributed by atoms with Gasteiger partial charge in [-0.2, -0.15) is 5.26 Å². The lowest BCUT2D eigenvalue weighted by molar-refractivity contribution is 0.401. The number of fused-ring (bicyclic) bond motifs is 3. The third-order valence-corrected chi connectivity index (χ3v) is 6.21. The summed E-state index contributed by atoms with van der Waals surface area (Å²) < 4.78 is 21.1. The van der Waals surface area contributed by atoms with Gasteiger partial charge in [-0.05, 0) is 45.8 Å². The second kappa shape index (κ2) is 5.62. The molecule has 0 bridgehead atoms. The maximum absolute atomic E-state index is 13.3. The summed E-state index contributed by atoms with van der Waals surface area (Å²) in [5.41, 5.74) is 7.16. The van der Waals surface area contributed by atoms with Crippen LogP contribution < -0.4 is 10.5 Å². The molecule has 0 radical (unpaired) electrons. The fraction of sp³-hybridized carbons (Fsp3) is 0.0556. The van der Waals surface area contributed by atoms with E-state index in [0.29, 0.717) is 11.3 Å². The third-order valence-electron chi connectivity index (χ3n) is 4.00. The van der Waals surface area contributed by atoms with Gasteiger partial charge in [0.05, 0.1) is 15.5 Å². The number of nitrogens with zero attached hydrogens (tertiary/aromatic N) is 1. The van der Waals surface area contributed by atoms with Crippen molar-refractivity contribution >= 4 is 37.4 Å². The zero-order valence-corrected chi connectivity index (χ0v) is 14.6. The molecular weight excluding hydrogens is 391 g/mol. The second-order valence-electron chi connectivity index (χ2n) is 5.39. The number of hydrogen-bond donors (Lipinski definition) is 1. The van der Waals surface area contributed by atoms with E-state index in [1.54, 1.807) is 23.5 Å². The van der Waals surface area contributed by atoms with E-state index in [0.717, 1.165) is 25.0 Å². The average molecular weight is 401 g/mol. The topological polar surface area (TPSA) is 59.0 Å². The summed E-state index contributed by atoms with van der Waals surface area (Å²) in [7, 11) is 0. The van der Waals surface area contributed by atoms with Gasteiger partial charge in [-0.15, -0.1) is 11.3 Å². The van der Waals surface area contributed by atoms with E-state index in [1.165, 1.54) is 12.1 Å². The van der Waals surface area contributed by atoms with Crippen molar-refractivity contribution in [1.82, 2.24) is 0 Å². The molecule has 0 fully saturated rings. The van der Waals surface area contributed by atoms with E-state index in [4.69, 9.17) is 10.5 Å². The van der Waals surface area contributed by atoms with Crippen LogP contribution in [0.5, 0.6) is 5.75 Å². The quantitative estimate of drug-likeness (QED) is 0.623.